The Labute approximate surface area is 120 Å². The highest BCUT2D eigenvalue weighted by molar-refractivity contribution is 5.89. The van der Waals surface area contributed by atoms with Crippen LogP contribution in [0.4, 0.5) is 0 Å². The van der Waals surface area contributed by atoms with Gasteiger partial charge in [0.25, 0.3) is 5.56 Å². The van der Waals surface area contributed by atoms with E-state index in [1.807, 2.05) is 30.3 Å². The van der Waals surface area contributed by atoms with E-state index < -0.39 is 0 Å². The van der Waals surface area contributed by atoms with Crippen LogP contribution < -0.4 is 5.56 Å². The molecular formula is C18H12N2O. The molecule has 4 rings (SSSR count). The summed E-state index contributed by atoms with van der Waals surface area (Å²) in [6.45, 7) is 0. The number of H-pyrrole nitrogens is 1. The maximum atomic E-state index is 11.9. The molecule has 0 amide bonds. The van der Waals surface area contributed by atoms with Crippen LogP contribution in [-0.2, 0) is 0 Å². The average molecular weight is 272 g/mol. The average Bonchev–Trinajstić information content (AvgIpc) is 2.54. The zero-order chi connectivity index (χ0) is 14.2. The Morgan fingerprint density at radius 3 is 2.48 bits per heavy atom. The van der Waals surface area contributed by atoms with Gasteiger partial charge >= 0.3 is 0 Å². The molecule has 0 aliphatic heterocycles. The fourth-order valence-electron chi connectivity index (χ4n) is 2.62. The fraction of sp³-hybridized carbons (Fsp3) is 0. The molecule has 3 aromatic carbocycles. The SMILES string of the molecule is O=c1[nH]cnc2ccc(-c3ccc4ccccc4c3)cc12. The predicted molar refractivity (Wildman–Crippen MR) is 85.3 cm³/mol. The molecule has 4 aromatic rings. The molecule has 3 heteroatoms. The summed E-state index contributed by atoms with van der Waals surface area (Å²) < 4.78 is 0. The van der Waals surface area contributed by atoms with E-state index in [0.717, 1.165) is 11.1 Å². The van der Waals surface area contributed by atoms with Crippen LogP contribution in [0.2, 0.25) is 0 Å². The van der Waals surface area contributed by atoms with Crippen molar-refractivity contribution in [2.24, 2.45) is 0 Å². The van der Waals surface area contributed by atoms with Crippen molar-refractivity contribution >= 4 is 21.7 Å². The van der Waals surface area contributed by atoms with Gasteiger partial charge in [0.15, 0.2) is 0 Å². The zero-order valence-electron chi connectivity index (χ0n) is 11.2. The summed E-state index contributed by atoms with van der Waals surface area (Å²) in [6, 6.07) is 20.3. The second kappa shape index (κ2) is 4.56. The number of hydrogen-bond acceptors (Lipinski definition) is 2. The molecule has 1 heterocycles. The van der Waals surface area contributed by atoms with E-state index in [0.29, 0.717) is 10.9 Å². The van der Waals surface area contributed by atoms with Crippen LogP contribution in [0.5, 0.6) is 0 Å². The fourth-order valence-corrected chi connectivity index (χ4v) is 2.62. The molecule has 3 nitrogen and oxygen atoms in total. The van der Waals surface area contributed by atoms with E-state index in [-0.39, 0.29) is 5.56 Å². The normalized spacial score (nSPS) is 11.0. The third-order valence-corrected chi connectivity index (χ3v) is 3.72. The molecule has 0 radical (unpaired) electrons. The molecule has 0 aliphatic rings. The van der Waals surface area contributed by atoms with Crippen molar-refractivity contribution in [2.45, 2.75) is 0 Å². The molecular weight excluding hydrogens is 260 g/mol. The number of nitrogens with one attached hydrogen (secondary N) is 1. The third kappa shape index (κ3) is 1.99. The molecule has 1 N–H and O–H groups in total. The van der Waals surface area contributed by atoms with Gasteiger partial charge in [-0.25, -0.2) is 4.98 Å². The van der Waals surface area contributed by atoms with Gasteiger partial charge in [-0.15, -0.1) is 0 Å². The summed E-state index contributed by atoms with van der Waals surface area (Å²) in [5.74, 6) is 0. The lowest BCUT2D eigenvalue weighted by Gasteiger charge is -2.05. The Bertz CT molecular complexity index is 1020. The Balaban J connectivity index is 1.95. The minimum absolute atomic E-state index is 0.109. The monoisotopic (exact) mass is 272 g/mol. The van der Waals surface area contributed by atoms with E-state index in [9.17, 15) is 4.79 Å². The number of rotatable bonds is 1. The lowest BCUT2D eigenvalue weighted by atomic mass is 10.0. The van der Waals surface area contributed by atoms with Crippen LogP contribution in [0.15, 0.2) is 71.8 Å². The van der Waals surface area contributed by atoms with E-state index in [1.165, 1.54) is 17.1 Å². The molecule has 0 saturated heterocycles. The van der Waals surface area contributed by atoms with Crippen molar-refractivity contribution in [2.75, 3.05) is 0 Å². The van der Waals surface area contributed by atoms with E-state index in [1.54, 1.807) is 0 Å². The van der Waals surface area contributed by atoms with Gasteiger partial charge in [-0.3, -0.25) is 4.79 Å². The van der Waals surface area contributed by atoms with Crippen molar-refractivity contribution < 1.29 is 0 Å². The third-order valence-electron chi connectivity index (χ3n) is 3.72. The van der Waals surface area contributed by atoms with Gasteiger partial charge < -0.3 is 4.98 Å². The van der Waals surface area contributed by atoms with Gasteiger partial charge in [-0.1, -0.05) is 42.5 Å². The highest BCUT2D eigenvalue weighted by Gasteiger charge is 2.04. The van der Waals surface area contributed by atoms with Crippen LogP contribution in [0.1, 0.15) is 0 Å². The number of fused-ring (bicyclic) bond motifs is 2. The lowest BCUT2D eigenvalue weighted by Crippen LogP contribution is -2.05. The number of nitrogens with zero attached hydrogens (tertiary/aromatic N) is 1. The molecule has 0 bridgehead atoms. The van der Waals surface area contributed by atoms with E-state index in [4.69, 9.17) is 0 Å². The van der Waals surface area contributed by atoms with E-state index >= 15 is 0 Å². The minimum atomic E-state index is -0.109. The van der Waals surface area contributed by atoms with Crippen molar-refractivity contribution in [1.29, 1.82) is 0 Å². The predicted octanol–water partition coefficient (Wildman–Crippen LogP) is 3.74. The first-order valence-corrected chi connectivity index (χ1v) is 6.78. The molecule has 0 aliphatic carbocycles. The van der Waals surface area contributed by atoms with Crippen LogP contribution in [-0.4, -0.2) is 9.97 Å². The molecule has 0 atom stereocenters. The summed E-state index contributed by atoms with van der Waals surface area (Å²) in [7, 11) is 0. The van der Waals surface area contributed by atoms with Gasteiger partial charge in [0.1, 0.15) is 0 Å². The van der Waals surface area contributed by atoms with Gasteiger partial charge in [0.05, 0.1) is 17.2 Å². The minimum Gasteiger partial charge on any atom is -0.313 e. The molecule has 21 heavy (non-hydrogen) atoms. The van der Waals surface area contributed by atoms with Crippen molar-refractivity contribution in [1.82, 2.24) is 9.97 Å². The first-order valence-electron chi connectivity index (χ1n) is 6.78. The Morgan fingerprint density at radius 1 is 0.810 bits per heavy atom. The van der Waals surface area contributed by atoms with E-state index in [2.05, 4.69) is 40.3 Å². The highest BCUT2D eigenvalue weighted by Crippen LogP contribution is 2.25. The highest BCUT2D eigenvalue weighted by atomic mass is 16.1. The number of aromatic amines is 1. The Kier molecular flexibility index (Phi) is 2.57. The first kappa shape index (κ1) is 11.9. The molecule has 1 aromatic heterocycles. The quantitative estimate of drug-likeness (QED) is 0.573. The molecule has 0 spiro atoms. The van der Waals surface area contributed by atoms with Gasteiger partial charge in [0.2, 0.25) is 0 Å². The lowest BCUT2D eigenvalue weighted by molar-refractivity contribution is 1.17. The maximum absolute atomic E-state index is 11.9. The van der Waals surface area contributed by atoms with Crippen LogP contribution >= 0.6 is 0 Å². The summed E-state index contributed by atoms with van der Waals surface area (Å²) in [5.41, 5.74) is 2.72. The van der Waals surface area contributed by atoms with Crippen molar-refractivity contribution in [3.63, 3.8) is 0 Å². The Hall–Kier alpha value is -2.94. The van der Waals surface area contributed by atoms with Crippen molar-refractivity contribution in [3.05, 3.63) is 77.3 Å². The number of benzene rings is 3. The maximum Gasteiger partial charge on any atom is 0.258 e. The molecule has 0 saturated carbocycles. The first-order chi connectivity index (χ1) is 10.3. The summed E-state index contributed by atoms with van der Waals surface area (Å²) in [4.78, 5) is 18.7. The van der Waals surface area contributed by atoms with Crippen LogP contribution in [0.25, 0.3) is 32.8 Å². The largest absolute Gasteiger partial charge is 0.313 e. The molecule has 100 valence electrons. The summed E-state index contributed by atoms with van der Waals surface area (Å²) in [6.07, 6.45) is 1.43. The summed E-state index contributed by atoms with van der Waals surface area (Å²) >= 11 is 0. The van der Waals surface area contributed by atoms with Crippen molar-refractivity contribution in [3.8, 4) is 11.1 Å². The van der Waals surface area contributed by atoms with Crippen LogP contribution in [0.3, 0.4) is 0 Å². The second-order valence-electron chi connectivity index (χ2n) is 5.03. The Morgan fingerprint density at radius 2 is 1.57 bits per heavy atom. The van der Waals surface area contributed by atoms with Gasteiger partial charge in [-0.05, 0) is 40.1 Å². The smallest absolute Gasteiger partial charge is 0.258 e. The standard InChI is InChI=1S/C18H12N2O/c21-18-16-10-15(7-8-17(16)19-11-20-18)14-6-5-12-3-1-2-4-13(12)9-14/h1-11H,(H,19,20,21). The zero-order valence-corrected chi connectivity index (χ0v) is 11.2. The summed E-state index contributed by atoms with van der Waals surface area (Å²) in [5, 5.41) is 3.01. The van der Waals surface area contributed by atoms with Gasteiger partial charge in [-0.2, -0.15) is 0 Å². The van der Waals surface area contributed by atoms with Crippen LogP contribution in [0, 0.1) is 0 Å². The number of hydrogen-bond donors (Lipinski definition) is 1. The topological polar surface area (TPSA) is 45.8 Å². The number of aromatic nitrogens is 2. The van der Waals surface area contributed by atoms with Gasteiger partial charge in [0, 0.05) is 0 Å². The second-order valence-corrected chi connectivity index (χ2v) is 5.03. The molecule has 0 fully saturated rings. The molecule has 0 unspecified atom stereocenters.